The van der Waals surface area contributed by atoms with Crippen molar-refractivity contribution in [3.8, 4) is 11.5 Å². The highest BCUT2D eigenvalue weighted by Gasteiger charge is 2.09. The highest BCUT2D eigenvalue weighted by molar-refractivity contribution is 5.59. The van der Waals surface area contributed by atoms with Crippen LogP contribution in [0, 0.1) is 0 Å². The van der Waals surface area contributed by atoms with Crippen molar-refractivity contribution in [2.24, 2.45) is 0 Å². The third-order valence-corrected chi connectivity index (χ3v) is 3.82. The Kier molecular flexibility index (Phi) is 5.99. The molecule has 20 heavy (non-hydrogen) atoms. The summed E-state index contributed by atoms with van der Waals surface area (Å²) >= 11 is 0. The fourth-order valence-electron chi connectivity index (χ4n) is 2.65. The van der Waals surface area contributed by atoms with Crippen molar-refractivity contribution in [1.29, 1.82) is 0 Å². The third-order valence-electron chi connectivity index (χ3n) is 3.82. The second-order valence-corrected chi connectivity index (χ2v) is 5.25. The number of hydrogen-bond acceptors (Lipinski definition) is 4. The Balaban J connectivity index is 1.75. The monoisotopic (exact) mass is 278 g/mol. The van der Waals surface area contributed by atoms with E-state index in [0.29, 0.717) is 0 Å². The van der Waals surface area contributed by atoms with Crippen molar-refractivity contribution >= 4 is 5.69 Å². The molecule has 0 amide bonds. The van der Waals surface area contributed by atoms with Crippen molar-refractivity contribution < 1.29 is 9.47 Å². The third kappa shape index (κ3) is 4.30. The van der Waals surface area contributed by atoms with Gasteiger partial charge in [-0.1, -0.05) is 6.42 Å². The summed E-state index contributed by atoms with van der Waals surface area (Å²) in [5.41, 5.74) is 1.03. The molecular weight excluding hydrogens is 252 g/mol. The van der Waals surface area contributed by atoms with E-state index in [9.17, 15) is 0 Å². The lowest BCUT2D eigenvalue weighted by Gasteiger charge is -2.26. The molecule has 1 saturated heterocycles. The Labute approximate surface area is 122 Å². The van der Waals surface area contributed by atoms with Gasteiger partial charge >= 0.3 is 0 Å². The number of nitrogens with one attached hydrogen (secondary N) is 1. The van der Waals surface area contributed by atoms with E-state index in [4.69, 9.17) is 9.47 Å². The highest BCUT2D eigenvalue weighted by Crippen LogP contribution is 2.28. The predicted molar refractivity (Wildman–Crippen MR) is 82.9 cm³/mol. The number of ether oxygens (including phenoxy) is 2. The summed E-state index contributed by atoms with van der Waals surface area (Å²) in [7, 11) is 3.36. The van der Waals surface area contributed by atoms with Crippen molar-refractivity contribution in [2.75, 3.05) is 45.7 Å². The topological polar surface area (TPSA) is 33.7 Å². The van der Waals surface area contributed by atoms with Gasteiger partial charge in [0.05, 0.1) is 19.9 Å². The van der Waals surface area contributed by atoms with Gasteiger partial charge in [0, 0.05) is 12.6 Å². The lowest BCUT2D eigenvalue weighted by molar-refractivity contribution is 0.228. The molecule has 1 aliphatic heterocycles. The molecular formula is C16H26N2O2. The van der Waals surface area contributed by atoms with Crippen LogP contribution >= 0.6 is 0 Å². The summed E-state index contributed by atoms with van der Waals surface area (Å²) in [6.07, 6.45) is 5.28. The van der Waals surface area contributed by atoms with Crippen molar-refractivity contribution in [2.45, 2.75) is 25.7 Å². The Morgan fingerprint density at radius 3 is 2.60 bits per heavy atom. The minimum Gasteiger partial charge on any atom is -0.497 e. The average Bonchev–Trinajstić information content (AvgIpc) is 2.52. The first-order valence-corrected chi connectivity index (χ1v) is 7.52. The Hall–Kier alpha value is -1.42. The largest absolute Gasteiger partial charge is 0.497 e. The van der Waals surface area contributed by atoms with Gasteiger partial charge in [-0.25, -0.2) is 0 Å². The van der Waals surface area contributed by atoms with E-state index in [-0.39, 0.29) is 0 Å². The fraction of sp³-hybridized carbons (Fsp3) is 0.625. The summed E-state index contributed by atoms with van der Waals surface area (Å²) in [6.45, 7) is 4.70. The van der Waals surface area contributed by atoms with E-state index in [0.717, 1.165) is 30.2 Å². The maximum atomic E-state index is 5.38. The molecule has 1 fully saturated rings. The second-order valence-electron chi connectivity index (χ2n) is 5.25. The van der Waals surface area contributed by atoms with Crippen molar-refractivity contribution in [1.82, 2.24) is 4.90 Å². The molecule has 0 saturated carbocycles. The maximum Gasteiger partial charge on any atom is 0.145 e. The summed E-state index contributed by atoms with van der Waals surface area (Å²) in [6, 6.07) is 5.88. The molecule has 0 aliphatic carbocycles. The Bertz CT molecular complexity index is 403. The molecule has 1 N–H and O–H groups in total. The molecule has 4 heteroatoms. The van der Waals surface area contributed by atoms with Gasteiger partial charge in [-0.2, -0.15) is 0 Å². The molecule has 0 radical (unpaired) electrons. The van der Waals surface area contributed by atoms with E-state index in [1.54, 1.807) is 14.2 Å². The molecule has 0 atom stereocenters. The molecule has 0 spiro atoms. The van der Waals surface area contributed by atoms with Gasteiger partial charge in [-0.05, 0) is 51.0 Å². The number of methoxy groups -OCH3 is 2. The van der Waals surface area contributed by atoms with Crippen LogP contribution < -0.4 is 14.8 Å². The fourth-order valence-corrected chi connectivity index (χ4v) is 2.65. The zero-order chi connectivity index (χ0) is 14.2. The van der Waals surface area contributed by atoms with E-state index >= 15 is 0 Å². The molecule has 0 bridgehead atoms. The smallest absolute Gasteiger partial charge is 0.145 e. The van der Waals surface area contributed by atoms with Gasteiger partial charge in [0.1, 0.15) is 11.5 Å². The van der Waals surface area contributed by atoms with Crippen LogP contribution in [0.25, 0.3) is 0 Å². The first kappa shape index (κ1) is 15.0. The highest BCUT2D eigenvalue weighted by atomic mass is 16.5. The average molecular weight is 278 g/mol. The number of hydrogen-bond donors (Lipinski definition) is 1. The van der Waals surface area contributed by atoms with Crippen molar-refractivity contribution in [3.05, 3.63) is 18.2 Å². The van der Waals surface area contributed by atoms with E-state index in [2.05, 4.69) is 10.2 Å². The van der Waals surface area contributed by atoms with Crippen LogP contribution in [0.5, 0.6) is 11.5 Å². The first-order chi connectivity index (χ1) is 9.83. The van der Waals surface area contributed by atoms with Gasteiger partial charge in [0.25, 0.3) is 0 Å². The summed E-state index contributed by atoms with van der Waals surface area (Å²) in [5.74, 6) is 1.66. The zero-order valence-electron chi connectivity index (χ0n) is 12.7. The molecule has 4 nitrogen and oxygen atoms in total. The lowest BCUT2D eigenvalue weighted by atomic mass is 10.1. The molecule has 1 aromatic carbocycles. The number of benzene rings is 1. The summed E-state index contributed by atoms with van der Waals surface area (Å²) in [5, 5.41) is 3.45. The summed E-state index contributed by atoms with van der Waals surface area (Å²) in [4.78, 5) is 2.57. The van der Waals surface area contributed by atoms with Gasteiger partial charge in [0.2, 0.25) is 0 Å². The number of anilines is 1. The van der Waals surface area contributed by atoms with E-state index in [1.165, 1.54) is 38.9 Å². The van der Waals surface area contributed by atoms with Gasteiger partial charge in [-0.15, -0.1) is 0 Å². The normalized spacial score (nSPS) is 15.9. The van der Waals surface area contributed by atoms with Crippen LogP contribution in [0.3, 0.4) is 0 Å². The Morgan fingerprint density at radius 1 is 1.10 bits per heavy atom. The maximum absolute atomic E-state index is 5.38. The SMILES string of the molecule is COc1ccc(NCCCN2CCCCC2)c(OC)c1. The molecule has 2 rings (SSSR count). The van der Waals surface area contributed by atoms with Crippen LogP contribution in [-0.4, -0.2) is 45.3 Å². The van der Waals surface area contributed by atoms with Crippen LogP contribution in [0.15, 0.2) is 18.2 Å². The summed E-state index contributed by atoms with van der Waals surface area (Å²) < 4.78 is 10.6. The molecule has 1 aliphatic rings. The van der Waals surface area contributed by atoms with Gasteiger partial charge in [0.15, 0.2) is 0 Å². The zero-order valence-corrected chi connectivity index (χ0v) is 12.7. The molecule has 1 aromatic rings. The van der Waals surface area contributed by atoms with Gasteiger partial charge < -0.3 is 19.7 Å². The van der Waals surface area contributed by atoms with Gasteiger partial charge in [-0.3, -0.25) is 0 Å². The number of piperidine rings is 1. The van der Waals surface area contributed by atoms with Crippen LogP contribution in [0.1, 0.15) is 25.7 Å². The van der Waals surface area contributed by atoms with E-state index in [1.807, 2.05) is 18.2 Å². The number of nitrogens with zero attached hydrogens (tertiary/aromatic N) is 1. The predicted octanol–water partition coefficient (Wildman–Crippen LogP) is 2.99. The van der Waals surface area contributed by atoms with Crippen LogP contribution in [0.2, 0.25) is 0 Å². The van der Waals surface area contributed by atoms with Crippen molar-refractivity contribution in [3.63, 3.8) is 0 Å². The number of rotatable bonds is 7. The number of likely N-dealkylation sites (tertiary alicyclic amines) is 1. The first-order valence-electron chi connectivity index (χ1n) is 7.52. The standard InChI is InChI=1S/C16H26N2O2/c1-19-14-7-8-15(16(13-14)20-2)17-9-6-12-18-10-4-3-5-11-18/h7-8,13,17H,3-6,9-12H2,1-2H3. The minimum atomic E-state index is 0.820. The molecule has 1 heterocycles. The minimum absolute atomic E-state index is 0.820. The molecule has 0 aromatic heterocycles. The molecule has 112 valence electrons. The van der Waals surface area contributed by atoms with Crippen LogP contribution in [-0.2, 0) is 0 Å². The van der Waals surface area contributed by atoms with Crippen LogP contribution in [0.4, 0.5) is 5.69 Å². The molecule has 0 unspecified atom stereocenters. The van der Waals surface area contributed by atoms with E-state index < -0.39 is 0 Å². The Morgan fingerprint density at radius 2 is 1.90 bits per heavy atom. The lowest BCUT2D eigenvalue weighted by Crippen LogP contribution is -2.31. The quantitative estimate of drug-likeness (QED) is 0.777. The second kappa shape index (κ2) is 8.00.